The molecule has 21 heavy (non-hydrogen) atoms. The number of aliphatic carboxylic acids is 1. The number of anilines is 2. The summed E-state index contributed by atoms with van der Waals surface area (Å²) < 4.78 is 0. The maximum absolute atomic E-state index is 11.1. The summed E-state index contributed by atoms with van der Waals surface area (Å²) in [4.78, 5) is 13.4. The van der Waals surface area contributed by atoms with Crippen molar-refractivity contribution in [2.45, 2.75) is 45.6 Å². The van der Waals surface area contributed by atoms with Crippen molar-refractivity contribution in [3.63, 3.8) is 0 Å². The Hall–Kier alpha value is -1.71. The molecule has 2 rings (SSSR count). The quantitative estimate of drug-likeness (QED) is 0.840. The van der Waals surface area contributed by atoms with Gasteiger partial charge in [-0.2, -0.15) is 0 Å². The third-order valence-corrected chi connectivity index (χ3v) is 4.39. The van der Waals surface area contributed by atoms with Gasteiger partial charge in [-0.05, 0) is 57.4 Å². The first kappa shape index (κ1) is 15.7. The fourth-order valence-corrected chi connectivity index (χ4v) is 3.14. The molecule has 0 spiro atoms. The third-order valence-electron chi connectivity index (χ3n) is 4.39. The summed E-state index contributed by atoms with van der Waals surface area (Å²) in [6.45, 7) is 6.33. The summed E-state index contributed by atoms with van der Waals surface area (Å²) in [5.74, 6) is -0.843. The van der Waals surface area contributed by atoms with E-state index in [0.29, 0.717) is 0 Å². The highest BCUT2D eigenvalue weighted by Crippen LogP contribution is 2.27. The molecule has 116 valence electrons. The molecule has 1 aromatic carbocycles. The number of nitrogens with one attached hydrogen (secondary N) is 1. The van der Waals surface area contributed by atoms with Crippen LogP contribution in [-0.4, -0.2) is 30.2 Å². The predicted molar refractivity (Wildman–Crippen MR) is 87.0 cm³/mol. The molecule has 2 N–H and O–H groups in total. The number of nitrogens with zero attached hydrogens (tertiary/aromatic N) is 1. The standard InChI is InChI=1S/C17H26N2O2/c1-3-19(4-2)16-10-8-14(9-11-16)18-15-7-5-6-13(12-15)17(20)21/h8-11,13,15,18H,3-7,12H2,1-2H3,(H,20,21). The highest BCUT2D eigenvalue weighted by Gasteiger charge is 2.26. The minimum Gasteiger partial charge on any atom is -0.481 e. The van der Waals surface area contributed by atoms with E-state index in [4.69, 9.17) is 5.11 Å². The highest BCUT2D eigenvalue weighted by molar-refractivity contribution is 5.70. The van der Waals surface area contributed by atoms with Gasteiger partial charge in [0.05, 0.1) is 5.92 Å². The molecule has 0 aromatic heterocycles. The lowest BCUT2D eigenvalue weighted by molar-refractivity contribution is -0.142. The molecule has 0 amide bonds. The zero-order chi connectivity index (χ0) is 15.2. The van der Waals surface area contributed by atoms with Gasteiger partial charge in [0.15, 0.2) is 0 Å². The lowest BCUT2D eigenvalue weighted by Gasteiger charge is -2.28. The molecule has 2 atom stereocenters. The molecule has 0 saturated heterocycles. The number of carboxylic acid groups (broad SMARTS) is 1. The minimum absolute atomic E-state index is 0.189. The molecule has 2 unspecified atom stereocenters. The monoisotopic (exact) mass is 290 g/mol. The van der Waals surface area contributed by atoms with Crippen LogP contribution in [0.15, 0.2) is 24.3 Å². The van der Waals surface area contributed by atoms with Crippen molar-refractivity contribution in [1.29, 1.82) is 0 Å². The maximum Gasteiger partial charge on any atom is 0.306 e. The molecule has 4 nitrogen and oxygen atoms in total. The summed E-state index contributed by atoms with van der Waals surface area (Å²) in [5.41, 5.74) is 2.32. The van der Waals surface area contributed by atoms with Crippen molar-refractivity contribution in [2.24, 2.45) is 5.92 Å². The van der Waals surface area contributed by atoms with E-state index in [2.05, 4.69) is 48.3 Å². The van der Waals surface area contributed by atoms with E-state index in [-0.39, 0.29) is 12.0 Å². The second-order valence-corrected chi connectivity index (χ2v) is 5.76. The van der Waals surface area contributed by atoms with Gasteiger partial charge in [0.2, 0.25) is 0 Å². The Labute approximate surface area is 127 Å². The topological polar surface area (TPSA) is 52.6 Å². The van der Waals surface area contributed by atoms with Crippen molar-refractivity contribution in [3.05, 3.63) is 24.3 Å². The van der Waals surface area contributed by atoms with Crippen molar-refractivity contribution < 1.29 is 9.90 Å². The van der Waals surface area contributed by atoms with Crippen LogP contribution in [0.1, 0.15) is 39.5 Å². The highest BCUT2D eigenvalue weighted by atomic mass is 16.4. The van der Waals surface area contributed by atoms with Gasteiger partial charge in [0, 0.05) is 30.5 Å². The Morgan fingerprint density at radius 3 is 2.48 bits per heavy atom. The van der Waals surface area contributed by atoms with E-state index in [1.165, 1.54) is 5.69 Å². The lowest BCUT2D eigenvalue weighted by Crippen LogP contribution is -2.30. The number of hydrogen-bond acceptors (Lipinski definition) is 3. The molecule has 1 aromatic rings. The number of hydrogen-bond donors (Lipinski definition) is 2. The summed E-state index contributed by atoms with van der Waals surface area (Å²) in [6.07, 6.45) is 3.59. The Kier molecular flexibility index (Phi) is 5.48. The molecule has 1 fully saturated rings. The first-order valence-electron chi connectivity index (χ1n) is 7.98. The Bertz CT molecular complexity index is 454. The van der Waals surface area contributed by atoms with Gasteiger partial charge in [0.1, 0.15) is 0 Å². The molecular weight excluding hydrogens is 264 g/mol. The van der Waals surface area contributed by atoms with E-state index in [1.54, 1.807) is 0 Å². The summed E-state index contributed by atoms with van der Waals surface area (Å²) in [5, 5.41) is 12.6. The van der Waals surface area contributed by atoms with Crippen LogP contribution >= 0.6 is 0 Å². The van der Waals surface area contributed by atoms with Crippen LogP contribution in [0.2, 0.25) is 0 Å². The van der Waals surface area contributed by atoms with Gasteiger partial charge in [0.25, 0.3) is 0 Å². The molecule has 1 saturated carbocycles. The molecule has 0 aliphatic heterocycles. The number of carboxylic acids is 1. The van der Waals surface area contributed by atoms with Crippen LogP contribution in [-0.2, 0) is 4.79 Å². The summed E-state index contributed by atoms with van der Waals surface area (Å²) in [6, 6.07) is 8.73. The molecule has 0 radical (unpaired) electrons. The number of benzene rings is 1. The summed E-state index contributed by atoms with van der Waals surface area (Å²) in [7, 11) is 0. The molecule has 0 heterocycles. The molecule has 0 bridgehead atoms. The number of rotatable bonds is 6. The average molecular weight is 290 g/mol. The van der Waals surface area contributed by atoms with E-state index >= 15 is 0 Å². The van der Waals surface area contributed by atoms with Gasteiger partial charge < -0.3 is 15.3 Å². The van der Waals surface area contributed by atoms with Gasteiger partial charge in [-0.3, -0.25) is 4.79 Å². The fourth-order valence-electron chi connectivity index (χ4n) is 3.14. The van der Waals surface area contributed by atoms with Crippen molar-refractivity contribution in [3.8, 4) is 0 Å². The van der Waals surface area contributed by atoms with Crippen molar-refractivity contribution in [2.75, 3.05) is 23.3 Å². The zero-order valence-corrected chi connectivity index (χ0v) is 13.0. The molecule has 4 heteroatoms. The van der Waals surface area contributed by atoms with E-state index < -0.39 is 5.97 Å². The van der Waals surface area contributed by atoms with Crippen LogP contribution < -0.4 is 10.2 Å². The molecular formula is C17H26N2O2. The van der Waals surface area contributed by atoms with Crippen molar-refractivity contribution in [1.82, 2.24) is 0 Å². The van der Waals surface area contributed by atoms with Gasteiger partial charge >= 0.3 is 5.97 Å². The van der Waals surface area contributed by atoms with Crippen LogP contribution in [0.4, 0.5) is 11.4 Å². The van der Waals surface area contributed by atoms with Crippen molar-refractivity contribution >= 4 is 17.3 Å². The lowest BCUT2D eigenvalue weighted by atomic mass is 9.85. The van der Waals surface area contributed by atoms with E-state index in [1.807, 2.05) is 0 Å². The summed E-state index contributed by atoms with van der Waals surface area (Å²) >= 11 is 0. The van der Waals surface area contributed by atoms with Gasteiger partial charge in [-0.25, -0.2) is 0 Å². The maximum atomic E-state index is 11.1. The van der Waals surface area contributed by atoms with Crippen LogP contribution in [0.5, 0.6) is 0 Å². The Morgan fingerprint density at radius 1 is 1.24 bits per heavy atom. The molecule has 1 aliphatic rings. The van der Waals surface area contributed by atoms with E-state index in [0.717, 1.165) is 44.5 Å². The number of carbonyl (C=O) groups is 1. The third kappa shape index (κ3) is 4.13. The first-order chi connectivity index (χ1) is 10.1. The van der Waals surface area contributed by atoms with Gasteiger partial charge in [-0.1, -0.05) is 6.42 Å². The Morgan fingerprint density at radius 2 is 1.90 bits per heavy atom. The fraction of sp³-hybridized carbons (Fsp3) is 0.588. The second kappa shape index (κ2) is 7.34. The van der Waals surface area contributed by atoms with Gasteiger partial charge in [-0.15, -0.1) is 0 Å². The largest absolute Gasteiger partial charge is 0.481 e. The minimum atomic E-state index is -0.654. The predicted octanol–water partition coefficient (Wildman–Crippen LogP) is 3.59. The smallest absolute Gasteiger partial charge is 0.306 e. The first-order valence-corrected chi connectivity index (χ1v) is 7.98. The van der Waals surface area contributed by atoms with Crippen LogP contribution in [0.3, 0.4) is 0 Å². The van der Waals surface area contributed by atoms with E-state index in [9.17, 15) is 4.79 Å². The Balaban J connectivity index is 1.95. The SMILES string of the molecule is CCN(CC)c1ccc(NC2CCCC(C(=O)O)C2)cc1. The van der Waals surface area contributed by atoms with Crippen LogP contribution in [0, 0.1) is 5.92 Å². The zero-order valence-electron chi connectivity index (χ0n) is 13.0. The normalized spacial score (nSPS) is 21.8. The molecule has 1 aliphatic carbocycles. The van der Waals surface area contributed by atoms with Crippen LogP contribution in [0.25, 0.3) is 0 Å². The second-order valence-electron chi connectivity index (χ2n) is 5.76. The average Bonchev–Trinajstić information content (AvgIpc) is 2.50.